The van der Waals surface area contributed by atoms with Crippen molar-refractivity contribution in [1.29, 1.82) is 0 Å². The van der Waals surface area contributed by atoms with Crippen LogP contribution in [0.5, 0.6) is 5.75 Å². The highest BCUT2D eigenvalue weighted by Crippen LogP contribution is 2.13. The fourth-order valence-corrected chi connectivity index (χ4v) is 3.58. The lowest BCUT2D eigenvalue weighted by molar-refractivity contribution is -0.116. The summed E-state index contributed by atoms with van der Waals surface area (Å²) in [7, 11) is 1.56. The Balaban J connectivity index is 1.76. The van der Waals surface area contributed by atoms with Crippen molar-refractivity contribution in [1.82, 2.24) is 19.1 Å². The van der Waals surface area contributed by atoms with E-state index in [-0.39, 0.29) is 18.6 Å². The molecule has 0 spiro atoms. The minimum absolute atomic E-state index is 0.0439. The summed E-state index contributed by atoms with van der Waals surface area (Å²) in [5.41, 5.74) is 0.0538. The number of aromatic nitrogens is 4. The average Bonchev–Trinajstić information content (AvgIpc) is 3.27. The lowest BCUT2D eigenvalue weighted by Crippen LogP contribution is -2.42. The summed E-state index contributed by atoms with van der Waals surface area (Å²) in [6.07, 6.45) is 3.05. The molecular weight excluding hydrogens is 406 g/mol. The number of amides is 1. The molecule has 0 bridgehead atoms. The van der Waals surface area contributed by atoms with E-state index in [9.17, 15) is 14.4 Å². The highest BCUT2D eigenvalue weighted by atomic mass is 32.1. The van der Waals surface area contributed by atoms with Crippen LogP contribution >= 0.6 is 11.3 Å². The predicted molar refractivity (Wildman–Crippen MR) is 113 cm³/mol. The van der Waals surface area contributed by atoms with Crippen molar-refractivity contribution >= 4 is 33.4 Å². The molecule has 0 aliphatic carbocycles. The largest absolute Gasteiger partial charge is 0.497 e. The van der Waals surface area contributed by atoms with E-state index in [2.05, 4.69) is 15.3 Å². The molecule has 10 heteroatoms. The van der Waals surface area contributed by atoms with Gasteiger partial charge in [0, 0.05) is 17.8 Å². The van der Waals surface area contributed by atoms with Gasteiger partial charge in [0.1, 0.15) is 12.3 Å². The van der Waals surface area contributed by atoms with Gasteiger partial charge in [0.05, 0.1) is 19.2 Å². The van der Waals surface area contributed by atoms with Crippen molar-refractivity contribution in [2.75, 3.05) is 12.4 Å². The van der Waals surface area contributed by atoms with Gasteiger partial charge >= 0.3 is 5.69 Å². The number of methoxy groups -OCH3 is 1. The molecule has 0 unspecified atom stereocenters. The minimum atomic E-state index is -0.592. The minimum Gasteiger partial charge on any atom is -0.497 e. The number of hydrogen-bond donors (Lipinski definition) is 1. The van der Waals surface area contributed by atoms with Crippen LogP contribution in [0.1, 0.15) is 5.56 Å². The first-order valence-corrected chi connectivity index (χ1v) is 9.85. The van der Waals surface area contributed by atoms with Crippen molar-refractivity contribution < 1.29 is 9.53 Å². The molecule has 1 aromatic carbocycles. The standard InChI is InChI=1S/C20H17N5O4S/c1-29-14-6-4-13(5-7-14)11-25-18(27)17-15(3-2-8-21-17)24(20(25)28)12-16(26)23-19-22-9-10-30-19/h2-10H,11-12H2,1H3,(H,22,23,26). The lowest BCUT2D eigenvalue weighted by Gasteiger charge is -2.13. The van der Waals surface area contributed by atoms with Gasteiger partial charge in [-0.1, -0.05) is 12.1 Å². The van der Waals surface area contributed by atoms with Crippen molar-refractivity contribution in [3.05, 3.63) is 80.6 Å². The van der Waals surface area contributed by atoms with Crippen LogP contribution in [0.25, 0.3) is 11.0 Å². The third-order valence-electron chi connectivity index (χ3n) is 4.47. The van der Waals surface area contributed by atoms with Gasteiger partial charge in [-0.25, -0.2) is 14.8 Å². The average molecular weight is 423 g/mol. The Hall–Kier alpha value is -3.79. The molecule has 4 aromatic rings. The Morgan fingerprint density at radius 1 is 1.10 bits per heavy atom. The number of thiazole rings is 1. The summed E-state index contributed by atoms with van der Waals surface area (Å²) in [5, 5.41) is 4.81. The quantitative estimate of drug-likeness (QED) is 0.506. The first-order chi connectivity index (χ1) is 14.6. The van der Waals surface area contributed by atoms with Gasteiger partial charge in [0.2, 0.25) is 5.91 Å². The maximum absolute atomic E-state index is 13.1. The monoisotopic (exact) mass is 423 g/mol. The van der Waals surface area contributed by atoms with E-state index in [0.29, 0.717) is 16.4 Å². The molecule has 0 saturated carbocycles. The molecule has 1 N–H and O–H groups in total. The molecule has 152 valence electrons. The van der Waals surface area contributed by atoms with Crippen LogP contribution in [0.4, 0.5) is 5.13 Å². The van der Waals surface area contributed by atoms with Gasteiger partial charge in [0.15, 0.2) is 10.6 Å². The first-order valence-electron chi connectivity index (χ1n) is 8.97. The summed E-state index contributed by atoms with van der Waals surface area (Å²) in [5.74, 6) is 0.245. The Bertz CT molecular complexity index is 1310. The number of pyridine rings is 1. The molecule has 0 saturated heterocycles. The van der Waals surface area contributed by atoms with Crippen molar-refractivity contribution in [2.45, 2.75) is 13.1 Å². The van der Waals surface area contributed by atoms with Crippen molar-refractivity contribution in [3.63, 3.8) is 0 Å². The number of nitrogens with one attached hydrogen (secondary N) is 1. The molecular formula is C20H17N5O4S. The number of carbonyl (C=O) groups is 1. The fourth-order valence-electron chi connectivity index (χ4n) is 3.04. The second-order valence-corrected chi connectivity index (χ2v) is 7.26. The van der Waals surface area contributed by atoms with Crippen LogP contribution in [-0.2, 0) is 17.9 Å². The van der Waals surface area contributed by atoms with E-state index < -0.39 is 17.2 Å². The maximum atomic E-state index is 13.1. The number of carbonyl (C=O) groups excluding carboxylic acids is 1. The zero-order valence-corrected chi connectivity index (χ0v) is 16.8. The topological polar surface area (TPSA) is 108 Å². The number of hydrogen-bond acceptors (Lipinski definition) is 7. The summed E-state index contributed by atoms with van der Waals surface area (Å²) in [6, 6.07) is 10.3. The normalized spacial score (nSPS) is 10.8. The molecule has 1 amide bonds. The molecule has 3 heterocycles. The van der Waals surface area contributed by atoms with E-state index >= 15 is 0 Å². The number of fused-ring (bicyclic) bond motifs is 1. The van der Waals surface area contributed by atoms with E-state index in [4.69, 9.17) is 4.74 Å². The molecule has 0 atom stereocenters. The third-order valence-corrected chi connectivity index (χ3v) is 5.16. The van der Waals surface area contributed by atoms with Crippen molar-refractivity contribution in [3.8, 4) is 5.75 Å². The van der Waals surface area contributed by atoms with Gasteiger partial charge in [-0.05, 0) is 29.8 Å². The van der Waals surface area contributed by atoms with E-state index in [1.165, 1.54) is 22.1 Å². The third kappa shape index (κ3) is 3.85. The Morgan fingerprint density at radius 3 is 2.60 bits per heavy atom. The Morgan fingerprint density at radius 2 is 1.90 bits per heavy atom. The highest BCUT2D eigenvalue weighted by molar-refractivity contribution is 7.13. The van der Waals surface area contributed by atoms with Crippen molar-refractivity contribution in [2.24, 2.45) is 0 Å². The molecule has 3 aromatic heterocycles. The van der Waals surface area contributed by atoms with Crippen LogP contribution in [0, 0.1) is 0 Å². The maximum Gasteiger partial charge on any atom is 0.332 e. The second-order valence-electron chi connectivity index (χ2n) is 6.36. The first kappa shape index (κ1) is 19.5. The van der Waals surface area contributed by atoms with Gasteiger partial charge in [-0.3, -0.25) is 18.7 Å². The molecule has 0 radical (unpaired) electrons. The van der Waals surface area contributed by atoms with Gasteiger partial charge in [-0.15, -0.1) is 11.3 Å². The molecule has 30 heavy (non-hydrogen) atoms. The Labute approximate surface area is 174 Å². The summed E-state index contributed by atoms with van der Waals surface area (Å²) >= 11 is 1.27. The smallest absolute Gasteiger partial charge is 0.332 e. The predicted octanol–water partition coefficient (Wildman–Crippen LogP) is 1.71. The number of rotatable bonds is 6. The lowest BCUT2D eigenvalue weighted by atomic mass is 10.2. The van der Waals surface area contributed by atoms with Crippen LogP contribution in [0.15, 0.2) is 63.8 Å². The van der Waals surface area contributed by atoms with Crippen LogP contribution in [-0.4, -0.2) is 32.1 Å². The van der Waals surface area contributed by atoms with Gasteiger partial charge in [-0.2, -0.15) is 0 Å². The summed E-state index contributed by atoms with van der Waals surface area (Å²) < 4.78 is 7.46. The summed E-state index contributed by atoms with van der Waals surface area (Å²) in [6.45, 7) is -0.230. The second kappa shape index (κ2) is 8.29. The van der Waals surface area contributed by atoms with Gasteiger partial charge < -0.3 is 10.1 Å². The van der Waals surface area contributed by atoms with E-state index in [1.54, 1.807) is 55.1 Å². The number of benzene rings is 1. The van der Waals surface area contributed by atoms with Crippen LogP contribution < -0.4 is 21.3 Å². The SMILES string of the molecule is COc1ccc(Cn2c(=O)c3ncccc3n(CC(=O)Nc3nccs3)c2=O)cc1. The molecule has 0 fully saturated rings. The molecule has 0 aliphatic rings. The van der Waals surface area contributed by atoms with Crippen LogP contribution in [0.3, 0.4) is 0 Å². The Kier molecular flexibility index (Phi) is 5.40. The molecule has 9 nitrogen and oxygen atoms in total. The highest BCUT2D eigenvalue weighted by Gasteiger charge is 2.17. The number of ether oxygens (including phenoxy) is 1. The zero-order valence-electron chi connectivity index (χ0n) is 15.9. The molecule has 4 rings (SSSR count). The zero-order chi connectivity index (χ0) is 21.1. The fraction of sp³-hybridized carbons (Fsp3) is 0.150. The van der Waals surface area contributed by atoms with Gasteiger partial charge in [0.25, 0.3) is 5.56 Å². The van der Waals surface area contributed by atoms with Crippen LogP contribution in [0.2, 0.25) is 0 Å². The van der Waals surface area contributed by atoms with E-state index in [0.717, 1.165) is 10.1 Å². The number of nitrogens with zero attached hydrogens (tertiary/aromatic N) is 4. The molecule has 0 aliphatic heterocycles. The number of anilines is 1. The van der Waals surface area contributed by atoms with E-state index in [1.807, 2.05) is 0 Å². The summed E-state index contributed by atoms with van der Waals surface area (Å²) in [4.78, 5) is 46.7.